The molecular formula is C42H65N3O12. The first-order chi connectivity index (χ1) is 26.6. The fourth-order valence-corrected chi connectivity index (χ4v) is 9.22. The number of aliphatic hydroxyl groups is 5. The van der Waals surface area contributed by atoms with Crippen LogP contribution in [-0.2, 0) is 28.5 Å². The molecule has 3 fully saturated rings. The number of carbonyl (C=O) groups excluding carboxylic acids is 2. The second kappa shape index (κ2) is 17.8. The summed E-state index contributed by atoms with van der Waals surface area (Å²) in [6.45, 7) is 14.2. The number of hydrogen-bond acceptors (Lipinski definition) is 15. The van der Waals surface area contributed by atoms with Crippen LogP contribution < -0.4 is 0 Å². The van der Waals surface area contributed by atoms with E-state index in [0.717, 1.165) is 10.9 Å². The van der Waals surface area contributed by atoms with Crippen LogP contribution in [0.5, 0.6) is 0 Å². The van der Waals surface area contributed by atoms with Gasteiger partial charge >= 0.3 is 11.9 Å². The maximum atomic E-state index is 13.8. The summed E-state index contributed by atoms with van der Waals surface area (Å²) in [5.74, 6) is -5.64. The first kappa shape index (κ1) is 45.3. The van der Waals surface area contributed by atoms with Crippen molar-refractivity contribution in [1.29, 1.82) is 0 Å². The number of ether oxygens (including phenoxy) is 5. The molecule has 3 aliphatic heterocycles. The van der Waals surface area contributed by atoms with Crippen molar-refractivity contribution in [3.05, 3.63) is 42.1 Å². The van der Waals surface area contributed by atoms with Crippen molar-refractivity contribution in [2.24, 2.45) is 17.8 Å². The predicted molar refractivity (Wildman–Crippen MR) is 210 cm³/mol. The van der Waals surface area contributed by atoms with Gasteiger partial charge in [-0.15, -0.1) is 0 Å². The van der Waals surface area contributed by atoms with E-state index in [1.54, 1.807) is 38.8 Å². The van der Waals surface area contributed by atoms with Crippen molar-refractivity contribution in [1.82, 2.24) is 14.8 Å². The summed E-state index contributed by atoms with van der Waals surface area (Å²) < 4.78 is 30.7. The van der Waals surface area contributed by atoms with Gasteiger partial charge in [0.25, 0.3) is 0 Å². The number of cyclic esters (lactones) is 1. The number of aromatic nitrogens is 1. The Morgan fingerprint density at radius 2 is 1.81 bits per heavy atom. The third kappa shape index (κ3) is 9.48. The van der Waals surface area contributed by atoms with Crippen LogP contribution in [0.1, 0.15) is 85.0 Å². The fraction of sp³-hybridized carbons (Fsp3) is 0.738. The van der Waals surface area contributed by atoms with Crippen molar-refractivity contribution < 1.29 is 58.8 Å². The summed E-state index contributed by atoms with van der Waals surface area (Å²) in [4.78, 5) is 34.6. The Hall–Kier alpha value is -2.83. The van der Waals surface area contributed by atoms with Gasteiger partial charge in [-0.05, 0) is 86.0 Å². The van der Waals surface area contributed by atoms with E-state index >= 15 is 0 Å². The number of fused-ring (bicyclic) bond motifs is 3. The van der Waals surface area contributed by atoms with E-state index in [4.69, 9.17) is 23.7 Å². The summed E-state index contributed by atoms with van der Waals surface area (Å²) >= 11 is 0. The van der Waals surface area contributed by atoms with Gasteiger partial charge in [0.15, 0.2) is 12.1 Å². The zero-order valence-electron chi connectivity index (χ0n) is 35.1. The second-order valence-electron chi connectivity index (χ2n) is 17.4. The predicted octanol–water partition coefficient (Wildman–Crippen LogP) is 2.48. The SMILES string of the molecule is CC[C@H]1OC(=O)[C@H](C)C2(O)O[C@](C)(C[C@@H](C)CN(C)[C@H](C)[C@@H](O)[C@]1(C)O)[C@H](O[C@@H]1O[C@H](C)CC(N(C)CC(O)COC(=O)c3cnc4ccccc4c3)C1O)[C@H]2C. The lowest BCUT2D eigenvalue weighted by Crippen LogP contribution is -2.59. The monoisotopic (exact) mass is 803 g/mol. The van der Waals surface area contributed by atoms with E-state index in [9.17, 15) is 35.1 Å². The number of hydrogen-bond donors (Lipinski definition) is 5. The Morgan fingerprint density at radius 3 is 2.49 bits per heavy atom. The maximum Gasteiger partial charge on any atom is 0.339 e. The highest BCUT2D eigenvalue weighted by atomic mass is 16.7. The number of nitrogens with zero attached hydrogens (tertiary/aromatic N) is 3. The Labute approximate surface area is 336 Å². The molecule has 4 heterocycles. The lowest BCUT2D eigenvalue weighted by atomic mass is 9.80. The van der Waals surface area contributed by atoms with Gasteiger partial charge in [0, 0.05) is 42.7 Å². The van der Waals surface area contributed by atoms with E-state index in [1.807, 2.05) is 57.0 Å². The third-order valence-corrected chi connectivity index (χ3v) is 12.7. The average Bonchev–Trinajstić information content (AvgIpc) is 3.35. The van der Waals surface area contributed by atoms with Crippen LogP contribution in [0.2, 0.25) is 0 Å². The Balaban J connectivity index is 1.31. The molecule has 1 aromatic heterocycles. The van der Waals surface area contributed by atoms with Crippen molar-refractivity contribution >= 4 is 22.8 Å². The van der Waals surface area contributed by atoms with Crippen molar-refractivity contribution in [3.8, 4) is 0 Å². The molecule has 0 saturated carbocycles. The van der Waals surface area contributed by atoms with Gasteiger partial charge in [-0.1, -0.05) is 39.0 Å². The van der Waals surface area contributed by atoms with Crippen LogP contribution in [-0.4, -0.2) is 158 Å². The van der Waals surface area contributed by atoms with E-state index in [2.05, 4.69) is 4.98 Å². The molecule has 2 aromatic rings. The van der Waals surface area contributed by atoms with Gasteiger partial charge in [0.2, 0.25) is 0 Å². The van der Waals surface area contributed by atoms with Crippen LogP contribution >= 0.6 is 0 Å². The molecule has 1 aromatic carbocycles. The number of aliphatic hydroxyl groups excluding tert-OH is 3. The Kier molecular flexibility index (Phi) is 14.1. The fourth-order valence-electron chi connectivity index (χ4n) is 9.22. The standard InChI is InChI=1S/C42H65N3O12/c1-11-33-41(8,51)35(48)27(6)44(9)20-23(2)18-40(7)36(25(4)42(52,57-40)26(5)37(49)55-33)56-39-34(47)32(16-24(3)54-39)45(10)21-30(46)22-53-38(50)29-17-28-14-12-13-15-31(28)43-19-29/h12-15,17,19,23-27,30,32-36,39,46-48,51-52H,11,16,18,20-22H2,1-10H3/t23-,24-,25-,26+,27-,30?,32?,33-,34?,35-,36-,39+,40-,41-,42?/m1/s1. The minimum Gasteiger partial charge on any atom is -0.459 e. The molecule has 0 radical (unpaired) electrons. The second-order valence-corrected chi connectivity index (χ2v) is 17.4. The first-order valence-electron chi connectivity index (χ1n) is 20.3. The molecule has 57 heavy (non-hydrogen) atoms. The van der Waals surface area contributed by atoms with Gasteiger partial charge in [0.1, 0.15) is 42.5 Å². The van der Waals surface area contributed by atoms with Crippen molar-refractivity contribution in [3.63, 3.8) is 0 Å². The number of esters is 2. The average molecular weight is 804 g/mol. The minimum absolute atomic E-state index is 0.0637. The highest BCUT2D eigenvalue weighted by Gasteiger charge is 2.64. The summed E-state index contributed by atoms with van der Waals surface area (Å²) in [7, 11) is 3.60. The summed E-state index contributed by atoms with van der Waals surface area (Å²) in [6.07, 6.45) is -4.63. The number of likely N-dealkylation sites (N-methyl/N-ethyl adjacent to an activating group) is 2. The van der Waals surface area contributed by atoms with E-state index in [-0.39, 0.29) is 37.2 Å². The van der Waals surface area contributed by atoms with Gasteiger partial charge in [-0.25, -0.2) is 4.79 Å². The molecule has 5 rings (SSSR count). The summed E-state index contributed by atoms with van der Waals surface area (Å²) in [5, 5.41) is 58.7. The molecule has 3 saturated heterocycles. The third-order valence-electron chi connectivity index (χ3n) is 12.7. The van der Waals surface area contributed by atoms with Gasteiger partial charge < -0.3 is 54.1 Å². The molecular weight excluding hydrogens is 738 g/mol. The lowest BCUT2D eigenvalue weighted by Gasteiger charge is -2.45. The maximum absolute atomic E-state index is 13.8. The largest absolute Gasteiger partial charge is 0.459 e. The molecule has 3 aliphatic rings. The quantitative estimate of drug-likeness (QED) is 0.232. The van der Waals surface area contributed by atoms with Gasteiger partial charge in [-0.2, -0.15) is 0 Å². The Bertz CT molecular complexity index is 1700. The summed E-state index contributed by atoms with van der Waals surface area (Å²) in [5.41, 5.74) is -1.96. The number of benzene rings is 1. The normalized spacial score (nSPS) is 40.4. The van der Waals surface area contributed by atoms with Gasteiger partial charge in [-0.3, -0.25) is 14.7 Å². The van der Waals surface area contributed by atoms with Crippen LogP contribution in [0, 0.1) is 17.8 Å². The van der Waals surface area contributed by atoms with Crippen LogP contribution in [0.25, 0.3) is 10.9 Å². The van der Waals surface area contributed by atoms with Gasteiger partial charge in [0.05, 0.1) is 28.9 Å². The molecule has 0 amide bonds. The zero-order valence-corrected chi connectivity index (χ0v) is 35.1. The molecule has 4 unspecified atom stereocenters. The molecule has 15 atom stereocenters. The first-order valence-corrected chi connectivity index (χ1v) is 20.3. The van der Waals surface area contributed by atoms with Crippen molar-refractivity contribution in [2.45, 2.75) is 147 Å². The number of pyridine rings is 1. The van der Waals surface area contributed by atoms with Crippen LogP contribution in [0.15, 0.2) is 36.5 Å². The molecule has 320 valence electrons. The molecule has 0 spiro atoms. The number of rotatable bonds is 9. The topological polar surface area (TPSA) is 201 Å². The van der Waals surface area contributed by atoms with Crippen molar-refractivity contribution in [2.75, 3.05) is 33.8 Å². The van der Waals surface area contributed by atoms with E-state index in [1.165, 1.54) is 20.0 Å². The molecule has 15 nitrogen and oxygen atoms in total. The molecule has 15 heteroatoms. The van der Waals surface area contributed by atoms with Crippen LogP contribution in [0.4, 0.5) is 0 Å². The van der Waals surface area contributed by atoms with E-state index < -0.39 is 89.7 Å². The molecule has 2 bridgehead atoms. The minimum atomic E-state index is -2.08. The highest BCUT2D eigenvalue weighted by molar-refractivity contribution is 5.93. The smallest absolute Gasteiger partial charge is 0.339 e. The summed E-state index contributed by atoms with van der Waals surface area (Å²) in [6, 6.07) is 8.05. The number of carbonyl (C=O) groups is 2. The van der Waals surface area contributed by atoms with Crippen LogP contribution in [0.3, 0.4) is 0 Å². The number of para-hydroxylation sites is 1. The molecule has 5 N–H and O–H groups in total. The highest BCUT2D eigenvalue weighted by Crippen LogP contribution is 2.50. The molecule has 0 aliphatic carbocycles. The van der Waals surface area contributed by atoms with E-state index in [0.29, 0.717) is 19.4 Å². The zero-order chi connectivity index (χ0) is 42.2. The Morgan fingerprint density at radius 1 is 1.12 bits per heavy atom. The lowest BCUT2D eigenvalue weighted by molar-refractivity contribution is -0.287.